The van der Waals surface area contributed by atoms with Gasteiger partial charge in [-0.15, -0.1) is 12.4 Å². The standard InChI is InChI=1S/C17H30N2O3.ClH/c1-2-15(17(21)22)19-10-8-14(9-11-19)18-16(20)12-13-6-4-3-5-7-13;/h13-15H,2-12H2,1H3,(H,18,20)(H,21,22);1H. The molecule has 2 aliphatic rings. The number of rotatable bonds is 6. The molecule has 2 rings (SSSR count). The molecule has 1 amide bonds. The highest BCUT2D eigenvalue weighted by Gasteiger charge is 2.29. The van der Waals surface area contributed by atoms with Crippen molar-refractivity contribution in [2.45, 2.75) is 76.8 Å². The molecule has 6 heteroatoms. The molecule has 2 N–H and O–H groups in total. The number of carbonyl (C=O) groups excluding carboxylic acids is 1. The van der Waals surface area contributed by atoms with Crippen LogP contribution in [0.5, 0.6) is 0 Å². The molecule has 0 bridgehead atoms. The van der Waals surface area contributed by atoms with E-state index in [2.05, 4.69) is 5.32 Å². The summed E-state index contributed by atoms with van der Waals surface area (Å²) >= 11 is 0. The summed E-state index contributed by atoms with van der Waals surface area (Å²) < 4.78 is 0. The van der Waals surface area contributed by atoms with Crippen LogP contribution >= 0.6 is 12.4 Å². The Kier molecular flexibility index (Phi) is 8.92. The van der Waals surface area contributed by atoms with Crippen LogP contribution in [-0.2, 0) is 9.59 Å². The highest BCUT2D eigenvalue weighted by molar-refractivity contribution is 5.85. The van der Waals surface area contributed by atoms with Gasteiger partial charge in [-0.05, 0) is 38.0 Å². The number of hydrogen-bond acceptors (Lipinski definition) is 3. The van der Waals surface area contributed by atoms with E-state index in [-0.39, 0.29) is 30.4 Å². The lowest BCUT2D eigenvalue weighted by molar-refractivity contribution is -0.144. The zero-order valence-electron chi connectivity index (χ0n) is 14.1. The van der Waals surface area contributed by atoms with E-state index < -0.39 is 5.97 Å². The maximum absolute atomic E-state index is 12.1. The Morgan fingerprint density at radius 3 is 2.26 bits per heavy atom. The molecule has 1 aliphatic carbocycles. The molecule has 1 unspecified atom stereocenters. The van der Waals surface area contributed by atoms with Crippen molar-refractivity contribution in [2.24, 2.45) is 5.92 Å². The molecule has 1 aliphatic heterocycles. The first kappa shape index (κ1) is 20.2. The van der Waals surface area contributed by atoms with Gasteiger partial charge in [0.2, 0.25) is 5.91 Å². The average Bonchev–Trinajstić information content (AvgIpc) is 2.50. The van der Waals surface area contributed by atoms with E-state index in [4.69, 9.17) is 0 Å². The van der Waals surface area contributed by atoms with Crippen LogP contribution in [0.4, 0.5) is 0 Å². The fraction of sp³-hybridized carbons (Fsp3) is 0.882. The van der Waals surface area contributed by atoms with Gasteiger partial charge in [0.05, 0.1) is 0 Å². The van der Waals surface area contributed by atoms with Gasteiger partial charge < -0.3 is 10.4 Å². The zero-order valence-corrected chi connectivity index (χ0v) is 14.9. The first-order valence-corrected chi connectivity index (χ1v) is 8.86. The third-order valence-electron chi connectivity index (χ3n) is 5.21. The molecule has 5 nitrogen and oxygen atoms in total. The summed E-state index contributed by atoms with van der Waals surface area (Å²) in [6.45, 7) is 3.44. The number of aliphatic carboxylic acids is 1. The Morgan fingerprint density at radius 1 is 1.13 bits per heavy atom. The van der Waals surface area contributed by atoms with Crippen molar-refractivity contribution in [2.75, 3.05) is 13.1 Å². The number of carboxylic acid groups (broad SMARTS) is 1. The second-order valence-electron chi connectivity index (χ2n) is 6.85. The number of halogens is 1. The van der Waals surface area contributed by atoms with Crippen molar-refractivity contribution in [3.05, 3.63) is 0 Å². The highest BCUT2D eigenvalue weighted by atomic mass is 35.5. The first-order valence-electron chi connectivity index (χ1n) is 8.86. The Labute approximate surface area is 145 Å². The lowest BCUT2D eigenvalue weighted by Crippen LogP contribution is -2.50. The van der Waals surface area contributed by atoms with E-state index in [0.29, 0.717) is 18.8 Å². The van der Waals surface area contributed by atoms with Gasteiger partial charge in [-0.25, -0.2) is 0 Å². The molecule has 1 saturated heterocycles. The molecule has 23 heavy (non-hydrogen) atoms. The lowest BCUT2D eigenvalue weighted by Gasteiger charge is -2.35. The van der Waals surface area contributed by atoms with E-state index in [1.165, 1.54) is 32.1 Å². The molecular formula is C17H31ClN2O3. The smallest absolute Gasteiger partial charge is 0.320 e. The maximum atomic E-state index is 12.1. The molecule has 134 valence electrons. The summed E-state index contributed by atoms with van der Waals surface area (Å²) in [7, 11) is 0. The zero-order chi connectivity index (χ0) is 15.9. The quantitative estimate of drug-likeness (QED) is 0.776. The van der Waals surface area contributed by atoms with Crippen LogP contribution in [0.3, 0.4) is 0 Å². The van der Waals surface area contributed by atoms with Gasteiger partial charge in [0.15, 0.2) is 0 Å². The number of amides is 1. The van der Waals surface area contributed by atoms with Crippen LogP contribution < -0.4 is 5.32 Å². The highest BCUT2D eigenvalue weighted by Crippen LogP contribution is 2.26. The summed E-state index contributed by atoms with van der Waals surface area (Å²) in [5.41, 5.74) is 0. The number of likely N-dealkylation sites (tertiary alicyclic amines) is 1. The molecular weight excluding hydrogens is 316 g/mol. The van der Waals surface area contributed by atoms with Crippen LogP contribution in [-0.4, -0.2) is 47.1 Å². The minimum atomic E-state index is -0.734. The third kappa shape index (κ3) is 6.30. The molecule has 1 atom stereocenters. The predicted octanol–water partition coefficient (Wildman–Crippen LogP) is 2.82. The maximum Gasteiger partial charge on any atom is 0.320 e. The van der Waals surface area contributed by atoms with Crippen LogP contribution in [0.1, 0.15) is 64.7 Å². The summed E-state index contributed by atoms with van der Waals surface area (Å²) in [6.07, 6.45) is 9.28. The number of hydrogen-bond donors (Lipinski definition) is 2. The van der Waals surface area contributed by atoms with Gasteiger partial charge in [-0.1, -0.05) is 26.2 Å². The summed E-state index contributed by atoms with van der Waals surface area (Å²) in [6, 6.07) is -0.155. The fourth-order valence-electron chi connectivity index (χ4n) is 3.88. The second kappa shape index (κ2) is 10.1. The normalized spacial score (nSPS) is 22.1. The summed E-state index contributed by atoms with van der Waals surface area (Å²) in [5.74, 6) is 0.0308. The van der Waals surface area contributed by atoms with Crippen LogP contribution in [0.2, 0.25) is 0 Å². The minimum absolute atomic E-state index is 0. The topological polar surface area (TPSA) is 69.6 Å². The molecule has 0 aromatic carbocycles. The van der Waals surface area contributed by atoms with Crippen molar-refractivity contribution in [3.8, 4) is 0 Å². The van der Waals surface area contributed by atoms with E-state index >= 15 is 0 Å². The van der Waals surface area contributed by atoms with Crippen molar-refractivity contribution in [3.63, 3.8) is 0 Å². The SMILES string of the molecule is CCC(C(=O)O)N1CCC(NC(=O)CC2CCCCC2)CC1.Cl. The van der Waals surface area contributed by atoms with Gasteiger partial charge in [-0.2, -0.15) is 0 Å². The Bertz CT molecular complexity index is 378. The van der Waals surface area contributed by atoms with Crippen molar-refractivity contribution >= 4 is 24.3 Å². The summed E-state index contributed by atoms with van der Waals surface area (Å²) in [5, 5.41) is 12.4. The number of nitrogens with one attached hydrogen (secondary N) is 1. The van der Waals surface area contributed by atoms with Gasteiger partial charge in [0.25, 0.3) is 0 Å². The first-order chi connectivity index (χ1) is 10.6. The molecule has 1 heterocycles. The monoisotopic (exact) mass is 346 g/mol. The van der Waals surface area contributed by atoms with E-state index in [1.807, 2.05) is 11.8 Å². The average molecular weight is 347 g/mol. The number of carbonyl (C=O) groups is 2. The van der Waals surface area contributed by atoms with Gasteiger partial charge in [-0.3, -0.25) is 14.5 Å². The van der Waals surface area contributed by atoms with Crippen LogP contribution in [0.15, 0.2) is 0 Å². The van der Waals surface area contributed by atoms with Crippen molar-refractivity contribution in [1.82, 2.24) is 10.2 Å². The number of carboxylic acids is 1. The minimum Gasteiger partial charge on any atom is -0.480 e. The molecule has 1 saturated carbocycles. The number of piperidine rings is 1. The van der Waals surface area contributed by atoms with Crippen molar-refractivity contribution in [1.29, 1.82) is 0 Å². The van der Waals surface area contributed by atoms with E-state index in [1.54, 1.807) is 0 Å². The molecule has 0 radical (unpaired) electrons. The molecule has 0 aromatic rings. The van der Waals surface area contributed by atoms with E-state index in [0.717, 1.165) is 25.9 Å². The van der Waals surface area contributed by atoms with Crippen LogP contribution in [0, 0.1) is 5.92 Å². The van der Waals surface area contributed by atoms with Crippen molar-refractivity contribution < 1.29 is 14.7 Å². The van der Waals surface area contributed by atoms with E-state index in [9.17, 15) is 14.7 Å². The van der Waals surface area contributed by atoms with Crippen LogP contribution in [0.25, 0.3) is 0 Å². The van der Waals surface area contributed by atoms with Gasteiger partial charge in [0, 0.05) is 25.6 Å². The fourth-order valence-corrected chi connectivity index (χ4v) is 3.88. The summed E-state index contributed by atoms with van der Waals surface area (Å²) in [4.78, 5) is 25.4. The lowest BCUT2D eigenvalue weighted by atomic mass is 9.86. The van der Waals surface area contributed by atoms with Gasteiger partial charge in [0.1, 0.15) is 6.04 Å². The molecule has 0 spiro atoms. The largest absolute Gasteiger partial charge is 0.480 e. The second-order valence-corrected chi connectivity index (χ2v) is 6.85. The van der Waals surface area contributed by atoms with Gasteiger partial charge >= 0.3 is 5.97 Å². The molecule has 0 aromatic heterocycles. The predicted molar refractivity (Wildman–Crippen MR) is 92.9 cm³/mol. The Morgan fingerprint density at radius 2 is 1.74 bits per heavy atom. The third-order valence-corrected chi connectivity index (χ3v) is 5.21. The molecule has 2 fully saturated rings. The number of nitrogens with zero attached hydrogens (tertiary/aromatic N) is 1. The Balaban J connectivity index is 0.00000264. The Hall–Kier alpha value is -0.810.